The Balaban J connectivity index is 2.66. The predicted octanol–water partition coefficient (Wildman–Crippen LogP) is 4.68. The van der Waals surface area contributed by atoms with E-state index in [1.807, 2.05) is 30.3 Å². The number of carbonyl (C=O) groups excluding carboxylic acids is 1. The third-order valence-corrected chi connectivity index (χ3v) is 3.18. The topological polar surface area (TPSA) is 17.1 Å². The first-order valence-electron chi connectivity index (χ1n) is 6.30. The Labute approximate surface area is 108 Å². The van der Waals surface area contributed by atoms with Crippen LogP contribution in [0.25, 0.3) is 11.1 Å². The van der Waals surface area contributed by atoms with E-state index in [0.29, 0.717) is 5.92 Å². The standard InChI is InChI=1S/C17H18O/c1-12(2)14-8-4-6-10-16(14)17-11-7-5-9-15(17)13(3)18/h4-12H,1-3H3. The molecule has 18 heavy (non-hydrogen) atoms. The lowest BCUT2D eigenvalue weighted by Gasteiger charge is -2.14. The van der Waals surface area contributed by atoms with Crippen LogP contribution in [0.15, 0.2) is 48.5 Å². The summed E-state index contributed by atoms with van der Waals surface area (Å²) in [6.45, 7) is 5.97. The zero-order chi connectivity index (χ0) is 13.1. The van der Waals surface area contributed by atoms with Crippen LogP contribution in [0.4, 0.5) is 0 Å². The number of ketones is 1. The fourth-order valence-corrected chi connectivity index (χ4v) is 2.27. The molecular weight excluding hydrogens is 220 g/mol. The first-order valence-corrected chi connectivity index (χ1v) is 6.30. The van der Waals surface area contributed by atoms with Gasteiger partial charge in [0.15, 0.2) is 5.78 Å². The van der Waals surface area contributed by atoms with Gasteiger partial charge in [0, 0.05) is 5.56 Å². The maximum atomic E-state index is 11.7. The molecule has 0 saturated carbocycles. The predicted molar refractivity (Wildman–Crippen MR) is 76.0 cm³/mol. The third-order valence-electron chi connectivity index (χ3n) is 3.18. The number of benzene rings is 2. The lowest BCUT2D eigenvalue weighted by Crippen LogP contribution is -1.99. The summed E-state index contributed by atoms with van der Waals surface area (Å²) in [7, 11) is 0. The molecule has 0 N–H and O–H groups in total. The van der Waals surface area contributed by atoms with Gasteiger partial charge < -0.3 is 0 Å². The van der Waals surface area contributed by atoms with Crippen LogP contribution in [0.3, 0.4) is 0 Å². The Kier molecular flexibility index (Phi) is 3.61. The number of carbonyl (C=O) groups is 1. The van der Waals surface area contributed by atoms with Crippen molar-refractivity contribution < 1.29 is 4.79 Å². The highest BCUT2D eigenvalue weighted by Crippen LogP contribution is 2.31. The second-order valence-corrected chi connectivity index (χ2v) is 4.84. The highest BCUT2D eigenvalue weighted by Gasteiger charge is 2.12. The van der Waals surface area contributed by atoms with Gasteiger partial charge in [0.25, 0.3) is 0 Å². The van der Waals surface area contributed by atoms with Gasteiger partial charge in [0.1, 0.15) is 0 Å². The normalized spacial score (nSPS) is 10.7. The lowest BCUT2D eigenvalue weighted by molar-refractivity contribution is 0.101. The summed E-state index contributed by atoms with van der Waals surface area (Å²) in [6, 6.07) is 16.1. The summed E-state index contributed by atoms with van der Waals surface area (Å²) < 4.78 is 0. The molecule has 0 bridgehead atoms. The monoisotopic (exact) mass is 238 g/mol. The van der Waals surface area contributed by atoms with Crippen LogP contribution in [0.5, 0.6) is 0 Å². The van der Waals surface area contributed by atoms with Crippen LogP contribution in [0.2, 0.25) is 0 Å². The fourth-order valence-electron chi connectivity index (χ4n) is 2.27. The first-order chi connectivity index (χ1) is 8.61. The number of hydrogen-bond acceptors (Lipinski definition) is 1. The van der Waals surface area contributed by atoms with E-state index in [0.717, 1.165) is 11.1 Å². The number of hydrogen-bond donors (Lipinski definition) is 0. The van der Waals surface area contributed by atoms with Gasteiger partial charge in [-0.25, -0.2) is 0 Å². The van der Waals surface area contributed by atoms with Gasteiger partial charge in [0.2, 0.25) is 0 Å². The van der Waals surface area contributed by atoms with E-state index in [1.54, 1.807) is 6.92 Å². The molecule has 0 radical (unpaired) electrons. The minimum Gasteiger partial charge on any atom is -0.294 e. The molecule has 0 aliphatic rings. The molecule has 0 atom stereocenters. The van der Waals surface area contributed by atoms with Crippen molar-refractivity contribution in [2.75, 3.05) is 0 Å². The summed E-state index contributed by atoms with van der Waals surface area (Å²) in [4.78, 5) is 11.7. The van der Waals surface area contributed by atoms with Gasteiger partial charge >= 0.3 is 0 Å². The molecule has 2 rings (SSSR count). The van der Waals surface area contributed by atoms with Crippen molar-refractivity contribution in [1.82, 2.24) is 0 Å². The highest BCUT2D eigenvalue weighted by molar-refractivity contribution is 6.01. The van der Waals surface area contributed by atoms with Crippen LogP contribution in [-0.4, -0.2) is 5.78 Å². The quantitative estimate of drug-likeness (QED) is 0.709. The molecule has 0 amide bonds. The van der Waals surface area contributed by atoms with Gasteiger partial charge in [-0.05, 0) is 29.5 Å². The Morgan fingerprint density at radius 1 is 0.889 bits per heavy atom. The van der Waals surface area contributed by atoms with Gasteiger partial charge in [-0.2, -0.15) is 0 Å². The van der Waals surface area contributed by atoms with E-state index in [9.17, 15) is 4.79 Å². The number of rotatable bonds is 3. The zero-order valence-electron chi connectivity index (χ0n) is 11.1. The van der Waals surface area contributed by atoms with Crippen molar-refractivity contribution in [3.8, 4) is 11.1 Å². The van der Waals surface area contributed by atoms with Crippen LogP contribution in [0.1, 0.15) is 42.6 Å². The summed E-state index contributed by atoms with van der Waals surface area (Å²) in [5, 5.41) is 0. The highest BCUT2D eigenvalue weighted by atomic mass is 16.1. The maximum Gasteiger partial charge on any atom is 0.160 e. The molecule has 92 valence electrons. The van der Waals surface area contributed by atoms with Crippen molar-refractivity contribution in [3.05, 3.63) is 59.7 Å². The molecule has 0 spiro atoms. The zero-order valence-corrected chi connectivity index (χ0v) is 11.1. The molecule has 1 heteroatoms. The van der Waals surface area contributed by atoms with Crippen LogP contribution < -0.4 is 0 Å². The molecule has 1 nitrogen and oxygen atoms in total. The summed E-state index contributed by atoms with van der Waals surface area (Å²) in [6.07, 6.45) is 0. The van der Waals surface area contributed by atoms with E-state index < -0.39 is 0 Å². The van der Waals surface area contributed by atoms with E-state index >= 15 is 0 Å². The second kappa shape index (κ2) is 5.18. The van der Waals surface area contributed by atoms with Crippen molar-refractivity contribution >= 4 is 5.78 Å². The van der Waals surface area contributed by atoms with Crippen molar-refractivity contribution in [2.45, 2.75) is 26.7 Å². The maximum absolute atomic E-state index is 11.7. The smallest absolute Gasteiger partial charge is 0.160 e. The SMILES string of the molecule is CC(=O)c1ccccc1-c1ccccc1C(C)C. The Morgan fingerprint density at radius 3 is 2.06 bits per heavy atom. The van der Waals surface area contributed by atoms with Gasteiger partial charge in [-0.3, -0.25) is 4.79 Å². The Morgan fingerprint density at radius 2 is 1.44 bits per heavy atom. The van der Waals surface area contributed by atoms with E-state index in [2.05, 4.69) is 32.0 Å². The Bertz CT molecular complexity index is 567. The van der Waals surface area contributed by atoms with Gasteiger partial charge in [0.05, 0.1) is 0 Å². The molecule has 0 heterocycles. The summed E-state index contributed by atoms with van der Waals surface area (Å²) >= 11 is 0. The minimum atomic E-state index is 0.115. The van der Waals surface area contributed by atoms with E-state index in [4.69, 9.17) is 0 Å². The molecular formula is C17H18O. The largest absolute Gasteiger partial charge is 0.294 e. The minimum absolute atomic E-state index is 0.115. The summed E-state index contributed by atoms with van der Waals surface area (Å²) in [5.41, 5.74) is 4.28. The molecule has 0 aliphatic carbocycles. The van der Waals surface area contributed by atoms with Crippen molar-refractivity contribution in [2.24, 2.45) is 0 Å². The lowest BCUT2D eigenvalue weighted by atomic mass is 9.89. The average molecular weight is 238 g/mol. The first kappa shape index (κ1) is 12.6. The molecule has 0 saturated heterocycles. The van der Waals surface area contributed by atoms with Crippen LogP contribution >= 0.6 is 0 Å². The van der Waals surface area contributed by atoms with E-state index in [-0.39, 0.29) is 5.78 Å². The average Bonchev–Trinajstić information content (AvgIpc) is 2.38. The van der Waals surface area contributed by atoms with E-state index in [1.165, 1.54) is 11.1 Å². The fraction of sp³-hybridized carbons (Fsp3) is 0.235. The summed E-state index contributed by atoms with van der Waals surface area (Å²) in [5.74, 6) is 0.561. The van der Waals surface area contributed by atoms with Crippen LogP contribution in [-0.2, 0) is 0 Å². The van der Waals surface area contributed by atoms with Gasteiger partial charge in [-0.1, -0.05) is 62.4 Å². The third kappa shape index (κ3) is 2.35. The molecule has 2 aromatic rings. The molecule has 0 aliphatic heterocycles. The molecule has 0 aromatic heterocycles. The van der Waals surface area contributed by atoms with Crippen molar-refractivity contribution in [1.29, 1.82) is 0 Å². The number of Topliss-reactive ketones (excluding diaryl/α,β-unsaturated/α-hetero) is 1. The van der Waals surface area contributed by atoms with Gasteiger partial charge in [-0.15, -0.1) is 0 Å². The Hall–Kier alpha value is -1.89. The molecule has 0 unspecified atom stereocenters. The second-order valence-electron chi connectivity index (χ2n) is 4.84. The van der Waals surface area contributed by atoms with Crippen LogP contribution in [0, 0.1) is 0 Å². The van der Waals surface area contributed by atoms with Crippen molar-refractivity contribution in [3.63, 3.8) is 0 Å². The molecule has 0 fully saturated rings. The molecule has 2 aromatic carbocycles.